The zero-order valence-corrected chi connectivity index (χ0v) is 10.3. The second-order valence-electron chi connectivity index (χ2n) is 4.78. The smallest absolute Gasteiger partial charge is 0.0995 e. The molecular weight excluding hydrogens is 210 g/mol. The quantitative estimate of drug-likeness (QED) is 0.801. The van der Waals surface area contributed by atoms with Crippen LogP contribution >= 0.6 is 0 Å². The summed E-state index contributed by atoms with van der Waals surface area (Å²) in [5, 5.41) is 9.18. The van der Waals surface area contributed by atoms with E-state index in [1.54, 1.807) is 0 Å². The summed E-state index contributed by atoms with van der Waals surface area (Å²) in [6.07, 6.45) is 3.40. The number of nitrogens with zero attached hydrogens (tertiary/aromatic N) is 2. The first-order valence-electron chi connectivity index (χ1n) is 6.19. The molecule has 2 unspecified atom stereocenters. The van der Waals surface area contributed by atoms with E-state index >= 15 is 0 Å². The molecule has 2 atom stereocenters. The van der Waals surface area contributed by atoms with Gasteiger partial charge in [0.15, 0.2) is 0 Å². The molecule has 1 aliphatic heterocycles. The summed E-state index contributed by atoms with van der Waals surface area (Å²) >= 11 is 0. The molecule has 0 saturated carbocycles. The van der Waals surface area contributed by atoms with E-state index in [-0.39, 0.29) is 12.1 Å². The van der Waals surface area contributed by atoms with E-state index in [9.17, 15) is 5.26 Å². The minimum absolute atomic E-state index is 0.122. The third kappa shape index (κ3) is 2.49. The highest BCUT2D eigenvalue weighted by Crippen LogP contribution is 2.29. The Bertz CT molecular complexity index is 410. The van der Waals surface area contributed by atoms with Crippen molar-refractivity contribution in [2.24, 2.45) is 5.73 Å². The molecule has 1 fully saturated rings. The van der Waals surface area contributed by atoms with Gasteiger partial charge in [-0.2, -0.15) is 5.26 Å². The maximum Gasteiger partial charge on any atom is 0.0995 e. The fraction of sp³-hybridized carbons (Fsp3) is 0.500. The van der Waals surface area contributed by atoms with Crippen molar-refractivity contribution in [1.82, 2.24) is 4.90 Å². The van der Waals surface area contributed by atoms with Crippen LogP contribution in [0.15, 0.2) is 24.3 Å². The monoisotopic (exact) mass is 229 g/mol. The summed E-state index contributed by atoms with van der Waals surface area (Å²) in [5.41, 5.74) is 8.10. The summed E-state index contributed by atoms with van der Waals surface area (Å²) in [5.74, 6) is 0. The molecule has 0 aliphatic carbocycles. The van der Waals surface area contributed by atoms with E-state index in [1.807, 2.05) is 24.3 Å². The normalized spacial score (nSPS) is 26.2. The third-order valence-corrected chi connectivity index (χ3v) is 3.58. The molecular formula is C14H19N3. The summed E-state index contributed by atoms with van der Waals surface area (Å²) < 4.78 is 0. The van der Waals surface area contributed by atoms with Gasteiger partial charge in [-0.1, -0.05) is 24.6 Å². The van der Waals surface area contributed by atoms with Crippen molar-refractivity contribution in [2.75, 3.05) is 13.6 Å². The van der Waals surface area contributed by atoms with Gasteiger partial charge in [-0.3, -0.25) is 4.90 Å². The first-order valence-corrected chi connectivity index (χ1v) is 6.19. The molecule has 17 heavy (non-hydrogen) atoms. The van der Waals surface area contributed by atoms with Crippen LogP contribution in [-0.4, -0.2) is 24.5 Å². The molecule has 0 aromatic heterocycles. The average Bonchev–Trinajstić information content (AvgIpc) is 2.51. The fourth-order valence-corrected chi connectivity index (χ4v) is 2.69. The maximum absolute atomic E-state index is 9.18. The SMILES string of the molecule is CN1CCCCC(N)C1c1ccccc1C#N. The number of nitriles is 1. The van der Waals surface area contributed by atoms with E-state index in [4.69, 9.17) is 5.73 Å². The van der Waals surface area contributed by atoms with Crippen molar-refractivity contribution >= 4 is 0 Å². The van der Waals surface area contributed by atoms with Crippen molar-refractivity contribution in [3.63, 3.8) is 0 Å². The van der Waals surface area contributed by atoms with Gasteiger partial charge in [0.25, 0.3) is 0 Å². The highest BCUT2D eigenvalue weighted by molar-refractivity contribution is 5.40. The molecule has 2 N–H and O–H groups in total. The molecule has 1 aromatic carbocycles. The van der Waals surface area contributed by atoms with E-state index < -0.39 is 0 Å². The number of hydrogen-bond acceptors (Lipinski definition) is 3. The number of nitrogens with two attached hydrogens (primary N) is 1. The Kier molecular flexibility index (Phi) is 3.78. The number of rotatable bonds is 1. The van der Waals surface area contributed by atoms with Gasteiger partial charge in [0.1, 0.15) is 0 Å². The van der Waals surface area contributed by atoms with Gasteiger partial charge in [-0.15, -0.1) is 0 Å². The highest BCUT2D eigenvalue weighted by Gasteiger charge is 2.27. The molecule has 0 spiro atoms. The molecule has 1 saturated heterocycles. The van der Waals surface area contributed by atoms with Crippen LogP contribution in [0.3, 0.4) is 0 Å². The summed E-state index contributed by atoms with van der Waals surface area (Å²) in [6, 6.07) is 10.4. The van der Waals surface area contributed by atoms with Gasteiger partial charge in [0.05, 0.1) is 17.7 Å². The maximum atomic E-state index is 9.18. The van der Waals surface area contributed by atoms with Gasteiger partial charge >= 0.3 is 0 Å². The number of hydrogen-bond donors (Lipinski definition) is 1. The minimum atomic E-state index is 0.122. The molecule has 1 aromatic rings. The lowest BCUT2D eigenvalue weighted by Gasteiger charge is -2.31. The minimum Gasteiger partial charge on any atom is -0.326 e. The zero-order valence-electron chi connectivity index (χ0n) is 10.3. The number of benzene rings is 1. The summed E-state index contributed by atoms with van der Waals surface area (Å²) in [7, 11) is 2.10. The van der Waals surface area contributed by atoms with Crippen LogP contribution in [0.1, 0.15) is 36.4 Å². The Balaban J connectivity index is 2.38. The highest BCUT2D eigenvalue weighted by atomic mass is 15.1. The molecule has 90 valence electrons. The molecule has 2 rings (SSSR count). The van der Waals surface area contributed by atoms with Crippen LogP contribution in [0.5, 0.6) is 0 Å². The molecule has 0 bridgehead atoms. The van der Waals surface area contributed by atoms with Crippen molar-refractivity contribution in [3.05, 3.63) is 35.4 Å². The molecule has 1 aliphatic rings. The van der Waals surface area contributed by atoms with Gasteiger partial charge in [-0.05, 0) is 38.1 Å². The van der Waals surface area contributed by atoms with Gasteiger partial charge in [0.2, 0.25) is 0 Å². The Hall–Kier alpha value is -1.37. The van der Waals surface area contributed by atoms with Crippen LogP contribution in [0.4, 0.5) is 0 Å². The topological polar surface area (TPSA) is 53.0 Å². The van der Waals surface area contributed by atoms with E-state index in [0.717, 1.165) is 24.1 Å². The van der Waals surface area contributed by atoms with E-state index in [0.29, 0.717) is 0 Å². The van der Waals surface area contributed by atoms with Crippen LogP contribution in [-0.2, 0) is 0 Å². The van der Waals surface area contributed by atoms with Crippen molar-refractivity contribution in [1.29, 1.82) is 5.26 Å². The molecule has 3 nitrogen and oxygen atoms in total. The Morgan fingerprint density at radius 3 is 2.88 bits per heavy atom. The van der Waals surface area contributed by atoms with Gasteiger partial charge < -0.3 is 5.73 Å². The van der Waals surface area contributed by atoms with Gasteiger partial charge in [0, 0.05) is 6.04 Å². The Labute approximate surface area is 103 Å². The first-order chi connectivity index (χ1) is 8.24. The zero-order chi connectivity index (χ0) is 12.3. The van der Waals surface area contributed by atoms with Crippen molar-refractivity contribution < 1.29 is 0 Å². The lowest BCUT2D eigenvalue weighted by atomic mass is 9.93. The second-order valence-corrected chi connectivity index (χ2v) is 4.78. The average molecular weight is 229 g/mol. The molecule has 0 amide bonds. The first kappa shape index (κ1) is 12.1. The predicted octanol–water partition coefficient (Wildman–Crippen LogP) is 2.04. The number of likely N-dealkylation sites (N-methyl/N-ethyl adjacent to an activating group) is 1. The largest absolute Gasteiger partial charge is 0.326 e. The van der Waals surface area contributed by atoms with Gasteiger partial charge in [-0.25, -0.2) is 0 Å². The van der Waals surface area contributed by atoms with E-state index in [1.165, 1.54) is 12.8 Å². The number of likely N-dealkylation sites (tertiary alicyclic amines) is 1. The Morgan fingerprint density at radius 1 is 1.35 bits per heavy atom. The lowest BCUT2D eigenvalue weighted by molar-refractivity contribution is 0.230. The second kappa shape index (κ2) is 5.31. The third-order valence-electron chi connectivity index (χ3n) is 3.58. The van der Waals surface area contributed by atoms with Crippen LogP contribution < -0.4 is 5.73 Å². The Morgan fingerprint density at radius 2 is 2.12 bits per heavy atom. The summed E-state index contributed by atoms with van der Waals surface area (Å²) in [4.78, 5) is 2.29. The standard InChI is InChI=1S/C14H19N3/c1-17-9-5-4-8-13(16)14(17)12-7-3-2-6-11(12)10-15/h2-3,6-7,13-14H,4-5,8-9,16H2,1H3. The van der Waals surface area contributed by atoms with Crippen LogP contribution in [0.2, 0.25) is 0 Å². The van der Waals surface area contributed by atoms with E-state index in [2.05, 4.69) is 18.0 Å². The van der Waals surface area contributed by atoms with Crippen LogP contribution in [0.25, 0.3) is 0 Å². The lowest BCUT2D eigenvalue weighted by Crippen LogP contribution is -2.38. The molecule has 3 heteroatoms. The summed E-state index contributed by atoms with van der Waals surface area (Å²) in [6.45, 7) is 1.05. The molecule has 0 radical (unpaired) electrons. The predicted molar refractivity (Wildman–Crippen MR) is 68.4 cm³/mol. The fourth-order valence-electron chi connectivity index (χ4n) is 2.69. The van der Waals surface area contributed by atoms with Crippen molar-refractivity contribution in [3.8, 4) is 6.07 Å². The molecule has 1 heterocycles. The van der Waals surface area contributed by atoms with Crippen LogP contribution in [0, 0.1) is 11.3 Å². The van der Waals surface area contributed by atoms with Crippen molar-refractivity contribution in [2.45, 2.75) is 31.3 Å².